The topological polar surface area (TPSA) is 46.2 Å². The molecule has 0 heterocycles. The molecule has 24 heavy (non-hydrogen) atoms. The van der Waals surface area contributed by atoms with Crippen LogP contribution in [0.3, 0.4) is 0 Å². The van der Waals surface area contributed by atoms with Crippen molar-refractivity contribution in [3.05, 3.63) is 64.6 Å². The van der Waals surface area contributed by atoms with E-state index >= 15 is 0 Å². The van der Waals surface area contributed by atoms with Crippen molar-refractivity contribution in [2.24, 2.45) is 0 Å². The fourth-order valence-corrected chi connectivity index (χ4v) is 3.24. The molecule has 0 radical (unpaired) electrons. The Hall–Kier alpha value is -1.59. The molecule has 0 saturated carbocycles. The number of amides is 1. The van der Waals surface area contributed by atoms with Crippen molar-refractivity contribution in [3.63, 3.8) is 0 Å². The van der Waals surface area contributed by atoms with E-state index in [2.05, 4.69) is 33.4 Å². The van der Waals surface area contributed by atoms with E-state index in [4.69, 9.17) is 0 Å². The normalized spacial score (nSPS) is 10.4. The summed E-state index contributed by atoms with van der Waals surface area (Å²) in [5, 5.41) is 2.87. The third kappa shape index (κ3) is 6.89. The van der Waals surface area contributed by atoms with Gasteiger partial charge in [0.15, 0.2) is 5.78 Å². The lowest BCUT2D eigenvalue weighted by Crippen LogP contribution is -2.25. The minimum Gasteiger partial charge on any atom is -0.356 e. The average molecular weight is 406 g/mol. The van der Waals surface area contributed by atoms with Crippen molar-refractivity contribution in [2.45, 2.75) is 24.2 Å². The van der Waals surface area contributed by atoms with Crippen LogP contribution in [0.2, 0.25) is 0 Å². The first-order valence-corrected chi connectivity index (χ1v) is 9.66. The van der Waals surface area contributed by atoms with Crippen molar-refractivity contribution >= 4 is 39.4 Å². The Balaban J connectivity index is 1.58. The maximum absolute atomic E-state index is 12.0. The van der Waals surface area contributed by atoms with Crippen LogP contribution < -0.4 is 5.32 Å². The monoisotopic (exact) mass is 405 g/mol. The molecule has 5 heteroatoms. The van der Waals surface area contributed by atoms with Crippen molar-refractivity contribution < 1.29 is 9.59 Å². The molecule has 126 valence electrons. The van der Waals surface area contributed by atoms with E-state index in [-0.39, 0.29) is 24.5 Å². The number of hydrogen-bond donors (Lipinski definition) is 1. The molecule has 1 N–H and O–H groups in total. The average Bonchev–Trinajstić information content (AvgIpc) is 2.61. The van der Waals surface area contributed by atoms with Gasteiger partial charge in [-0.15, -0.1) is 11.8 Å². The minimum atomic E-state index is -0.0647. The second-order valence-corrected chi connectivity index (χ2v) is 7.38. The van der Waals surface area contributed by atoms with Crippen LogP contribution in [0.1, 0.15) is 29.6 Å². The number of carbonyl (C=O) groups excluding carboxylic acids is 2. The predicted octanol–water partition coefficient (Wildman–Crippen LogP) is 4.71. The van der Waals surface area contributed by atoms with Gasteiger partial charge in [-0.2, -0.15) is 0 Å². The summed E-state index contributed by atoms with van der Waals surface area (Å²) in [5.41, 5.74) is 0.644. The molecule has 1 amide bonds. The maximum Gasteiger partial charge on any atom is 0.220 e. The van der Waals surface area contributed by atoms with Gasteiger partial charge in [0.05, 0.1) is 0 Å². The largest absolute Gasteiger partial charge is 0.356 e. The highest BCUT2D eigenvalue weighted by molar-refractivity contribution is 9.10. The summed E-state index contributed by atoms with van der Waals surface area (Å²) in [7, 11) is 0. The lowest BCUT2D eigenvalue weighted by molar-refractivity contribution is -0.121. The number of benzene rings is 2. The third-order valence-corrected chi connectivity index (χ3v) is 5.03. The van der Waals surface area contributed by atoms with Crippen molar-refractivity contribution in [1.29, 1.82) is 0 Å². The molecule has 0 aliphatic rings. The van der Waals surface area contributed by atoms with Gasteiger partial charge in [-0.05, 0) is 36.4 Å². The van der Waals surface area contributed by atoms with Gasteiger partial charge < -0.3 is 5.32 Å². The zero-order valence-electron chi connectivity index (χ0n) is 13.3. The molecular weight excluding hydrogens is 386 g/mol. The molecule has 3 nitrogen and oxygen atoms in total. The summed E-state index contributed by atoms with van der Waals surface area (Å²) < 4.78 is 0.935. The van der Waals surface area contributed by atoms with Crippen LogP contribution in [0.5, 0.6) is 0 Å². The van der Waals surface area contributed by atoms with Crippen molar-refractivity contribution in [2.75, 3.05) is 12.3 Å². The molecule has 2 rings (SSSR count). The Labute approximate surface area is 155 Å². The van der Waals surface area contributed by atoms with Crippen molar-refractivity contribution in [1.82, 2.24) is 5.32 Å². The zero-order chi connectivity index (χ0) is 17.2. The van der Waals surface area contributed by atoms with E-state index in [1.807, 2.05) is 30.3 Å². The van der Waals surface area contributed by atoms with Gasteiger partial charge in [0.2, 0.25) is 5.91 Å². The van der Waals surface area contributed by atoms with Gasteiger partial charge >= 0.3 is 0 Å². The third-order valence-electron chi connectivity index (χ3n) is 3.40. The molecule has 0 aromatic heterocycles. The number of carbonyl (C=O) groups is 2. The first-order valence-electron chi connectivity index (χ1n) is 7.88. The molecule has 2 aromatic carbocycles. The SMILES string of the molecule is O=C(CCC(=O)c1ccc(Br)cc1)NCCCSc1ccccc1. The minimum absolute atomic E-state index is 0.00252. The summed E-state index contributed by atoms with van der Waals surface area (Å²) in [6.07, 6.45) is 1.39. The number of thioether (sulfide) groups is 1. The number of nitrogens with one attached hydrogen (secondary N) is 1. The van der Waals surface area contributed by atoms with E-state index in [1.165, 1.54) is 4.90 Å². The van der Waals surface area contributed by atoms with Gasteiger partial charge in [0.1, 0.15) is 0 Å². The molecular formula is C19H20BrNO2S. The Morgan fingerprint density at radius 3 is 2.38 bits per heavy atom. The number of hydrogen-bond acceptors (Lipinski definition) is 3. The fraction of sp³-hybridized carbons (Fsp3) is 0.263. The summed E-state index contributed by atoms with van der Waals surface area (Å²) in [6.45, 7) is 0.644. The molecule has 0 unspecified atom stereocenters. The van der Waals surface area contributed by atoms with Gasteiger partial charge in [-0.3, -0.25) is 9.59 Å². The molecule has 0 atom stereocenters. The van der Waals surface area contributed by atoms with Gasteiger partial charge in [0, 0.05) is 34.3 Å². The summed E-state index contributed by atoms with van der Waals surface area (Å²) in [4.78, 5) is 25.0. The fourth-order valence-electron chi connectivity index (χ4n) is 2.10. The van der Waals surface area contributed by atoms with E-state index in [1.54, 1.807) is 23.9 Å². The highest BCUT2D eigenvalue weighted by atomic mass is 79.9. The lowest BCUT2D eigenvalue weighted by Gasteiger charge is -2.05. The molecule has 0 fully saturated rings. The standard InChI is InChI=1S/C19H20BrNO2S/c20-16-9-7-15(8-10-16)18(22)11-12-19(23)21-13-4-14-24-17-5-2-1-3-6-17/h1-3,5-10H,4,11-14H2,(H,21,23). The van der Waals surface area contributed by atoms with Crippen LogP contribution in [0.4, 0.5) is 0 Å². The molecule has 0 saturated heterocycles. The summed E-state index contributed by atoms with van der Waals surface area (Å²) >= 11 is 5.12. The first kappa shape index (κ1) is 18.7. The smallest absolute Gasteiger partial charge is 0.220 e. The van der Waals surface area contributed by atoms with Crippen LogP contribution in [-0.2, 0) is 4.79 Å². The van der Waals surface area contributed by atoms with Crippen LogP contribution in [0, 0.1) is 0 Å². The van der Waals surface area contributed by atoms with E-state index < -0.39 is 0 Å². The molecule has 0 aliphatic carbocycles. The number of ketones is 1. The van der Waals surface area contributed by atoms with Crippen LogP contribution in [0.25, 0.3) is 0 Å². The van der Waals surface area contributed by atoms with E-state index in [0.717, 1.165) is 16.6 Å². The Morgan fingerprint density at radius 2 is 1.67 bits per heavy atom. The van der Waals surface area contributed by atoms with E-state index in [0.29, 0.717) is 12.1 Å². The second kappa shape index (κ2) is 10.3. The Bertz CT molecular complexity index is 659. The van der Waals surface area contributed by atoms with Crippen LogP contribution >= 0.6 is 27.7 Å². The zero-order valence-corrected chi connectivity index (χ0v) is 15.7. The van der Waals surface area contributed by atoms with Crippen molar-refractivity contribution in [3.8, 4) is 0 Å². The first-order chi connectivity index (χ1) is 11.6. The number of halogens is 1. The van der Waals surface area contributed by atoms with Gasteiger partial charge in [0.25, 0.3) is 0 Å². The second-order valence-electron chi connectivity index (χ2n) is 5.30. The highest BCUT2D eigenvalue weighted by Crippen LogP contribution is 2.17. The lowest BCUT2D eigenvalue weighted by atomic mass is 10.1. The molecule has 0 bridgehead atoms. The van der Waals surface area contributed by atoms with Crippen LogP contribution in [-0.4, -0.2) is 24.0 Å². The Kier molecular flexibility index (Phi) is 8.05. The molecule has 0 aliphatic heterocycles. The van der Waals surface area contributed by atoms with Gasteiger partial charge in [-0.1, -0.05) is 46.3 Å². The van der Waals surface area contributed by atoms with Crippen LogP contribution in [0.15, 0.2) is 64.0 Å². The molecule has 2 aromatic rings. The summed E-state index contributed by atoms with van der Waals surface area (Å²) in [6, 6.07) is 17.4. The molecule has 0 spiro atoms. The Morgan fingerprint density at radius 1 is 0.958 bits per heavy atom. The van der Waals surface area contributed by atoms with Gasteiger partial charge in [-0.25, -0.2) is 0 Å². The highest BCUT2D eigenvalue weighted by Gasteiger charge is 2.09. The quantitative estimate of drug-likeness (QED) is 0.373. The summed E-state index contributed by atoms with van der Waals surface area (Å²) in [5.74, 6) is 0.893. The maximum atomic E-state index is 12.0. The van der Waals surface area contributed by atoms with E-state index in [9.17, 15) is 9.59 Å². The number of Topliss-reactive ketones (excluding diaryl/α,β-unsaturated/α-hetero) is 1. The predicted molar refractivity (Wildman–Crippen MR) is 102 cm³/mol. The number of rotatable bonds is 9.